The first-order valence-electron chi connectivity index (χ1n) is 10.9. The molecular weight excluding hydrogens is 408 g/mol. The van der Waals surface area contributed by atoms with Gasteiger partial charge in [0.25, 0.3) is 17.2 Å². The molecule has 0 aliphatic carbocycles. The number of nitrogens with zero attached hydrogens (tertiary/aromatic N) is 4. The minimum atomic E-state index is -0.510. The molecule has 1 unspecified atom stereocenters. The standard InChI is InChI=1S/C24H28N4O4/c1-4-6-9-15-27(23(29)17-11-10-12-18(16-17)28(31)32)21(5-2)22-25-20-14-8-7-13-19(20)24(30)26(22)3/h7-8,10-14,16,21H,4-6,9,15H2,1-3H3. The van der Waals surface area contributed by atoms with E-state index in [1.165, 1.54) is 22.8 Å². The molecule has 0 fully saturated rings. The van der Waals surface area contributed by atoms with Crippen LogP contribution in [0.1, 0.15) is 61.8 Å². The van der Waals surface area contributed by atoms with E-state index in [1.54, 1.807) is 36.2 Å². The normalized spacial score (nSPS) is 12.0. The van der Waals surface area contributed by atoms with Crippen molar-refractivity contribution in [2.24, 2.45) is 7.05 Å². The maximum Gasteiger partial charge on any atom is 0.270 e. The molecule has 3 aromatic rings. The van der Waals surface area contributed by atoms with Gasteiger partial charge in [0.15, 0.2) is 0 Å². The van der Waals surface area contributed by atoms with Crippen molar-refractivity contribution in [1.82, 2.24) is 14.5 Å². The minimum Gasteiger partial charge on any atom is -0.328 e. The molecule has 0 aliphatic rings. The predicted molar refractivity (Wildman–Crippen MR) is 124 cm³/mol. The van der Waals surface area contributed by atoms with Crippen LogP contribution < -0.4 is 5.56 Å². The summed E-state index contributed by atoms with van der Waals surface area (Å²) >= 11 is 0. The number of rotatable bonds is 9. The van der Waals surface area contributed by atoms with Crippen molar-refractivity contribution in [3.8, 4) is 0 Å². The fourth-order valence-corrected chi connectivity index (χ4v) is 3.92. The van der Waals surface area contributed by atoms with E-state index in [0.717, 1.165) is 19.3 Å². The number of nitro groups is 1. The van der Waals surface area contributed by atoms with E-state index in [9.17, 15) is 19.7 Å². The highest BCUT2D eigenvalue weighted by Crippen LogP contribution is 2.27. The van der Waals surface area contributed by atoms with Gasteiger partial charge >= 0.3 is 0 Å². The number of nitro benzene ring substituents is 1. The van der Waals surface area contributed by atoms with Gasteiger partial charge in [-0.2, -0.15) is 0 Å². The van der Waals surface area contributed by atoms with Gasteiger partial charge in [0.2, 0.25) is 0 Å². The second-order valence-electron chi connectivity index (χ2n) is 7.79. The zero-order valence-corrected chi connectivity index (χ0v) is 18.7. The molecule has 1 atom stereocenters. The third kappa shape index (κ3) is 4.69. The molecule has 0 radical (unpaired) electrons. The molecule has 1 aromatic heterocycles. The monoisotopic (exact) mass is 436 g/mol. The third-order valence-electron chi connectivity index (χ3n) is 5.65. The molecule has 0 saturated carbocycles. The van der Waals surface area contributed by atoms with Crippen LogP contribution in [0.2, 0.25) is 0 Å². The number of amides is 1. The number of carbonyl (C=O) groups excluding carboxylic acids is 1. The SMILES string of the molecule is CCCCCN(C(=O)c1cccc([N+](=O)[O-])c1)C(CC)c1nc2ccccc2c(=O)n1C. The first-order valence-corrected chi connectivity index (χ1v) is 10.9. The number of hydrogen-bond acceptors (Lipinski definition) is 5. The number of para-hydroxylation sites is 1. The average molecular weight is 437 g/mol. The van der Waals surface area contributed by atoms with Crippen LogP contribution in [0, 0.1) is 10.1 Å². The number of hydrogen-bond donors (Lipinski definition) is 0. The quantitative estimate of drug-likeness (QED) is 0.277. The Balaban J connectivity index is 2.09. The fourth-order valence-electron chi connectivity index (χ4n) is 3.92. The molecular formula is C24H28N4O4. The minimum absolute atomic E-state index is 0.131. The summed E-state index contributed by atoms with van der Waals surface area (Å²) in [5, 5.41) is 11.7. The zero-order valence-electron chi connectivity index (χ0n) is 18.7. The summed E-state index contributed by atoms with van der Waals surface area (Å²) < 4.78 is 1.50. The van der Waals surface area contributed by atoms with E-state index in [2.05, 4.69) is 6.92 Å². The topological polar surface area (TPSA) is 98.3 Å². The van der Waals surface area contributed by atoms with E-state index in [4.69, 9.17) is 4.98 Å². The maximum absolute atomic E-state index is 13.5. The summed E-state index contributed by atoms with van der Waals surface area (Å²) in [6, 6.07) is 12.5. The number of non-ortho nitro benzene ring substituents is 1. The lowest BCUT2D eigenvalue weighted by Gasteiger charge is -2.32. The predicted octanol–water partition coefficient (Wildman–Crippen LogP) is 4.63. The summed E-state index contributed by atoms with van der Waals surface area (Å²) in [5.41, 5.74) is 0.536. The summed E-state index contributed by atoms with van der Waals surface area (Å²) in [5.74, 6) is 0.200. The summed E-state index contributed by atoms with van der Waals surface area (Å²) in [6.45, 7) is 4.49. The van der Waals surface area contributed by atoms with Crippen LogP contribution in [0.3, 0.4) is 0 Å². The maximum atomic E-state index is 13.5. The van der Waals surface area contributed by atoms with E-state index < -0.39 is 11.0 Å². The zero-order chi connectivity index (χ0) is 23.3. The highest BCUT2D eigenvalue weighted by molar-refractivity contribution is 5.95. The summed E-state index contributed by atoms with van der Waals surface area (Å²) in [4.78, 5) is 43.6. The molecule has 0 spiro atoms. The summed E-state index contributed by atoms with van der Waals surface area (Å²) in [6.07, 6.45) is 3.27. The number of unbranched alkanes of at least 4 members (excludes halogenated alkanes) is 2. The Morgan fingerprint density at radius 1 is 1.16 bits per heavy atom. The molecule has 0 aliphatic heterocycles. The molecule has 0 saturated heterocycles. The van der Waals surface area contributed by atoms with Gasteiger partial charge < -0.3 is 4.90 Å². The van der Waals surface area contributed by atoms with Gasteiger partial charge in [-0.15, -0.1) is 0 Å². The molecule has 2 aromatic carbocycles. The molecule has 8 nitrogen and oxygen atoms in total. The molecule has 0 N–H and O–H groups in total. The van der Waals surface area contributed by atoms with Crippen LogP contribution in [0.5, 0.6) is 0 Å². The number of fused-ring (bicyclic) bond motifs is 1. The largest absolute Gasteiger partial charge is 0.328 e. The first-order chi connectivity index (χ1) is 15.4. The van der Waals surface area contributed by atoms with Crippen molar-refractivity contribution in [3.63, 3.8) is 0 Å². The molecule has 3 rings (SSSR count). The van der Waals surface area contributed by atoms with Gasteiger partial charge in [0.05, 0.1) is 21.9 Å². The molecule has 1 amide bonds. The van der Waals surface area contributed by atoms with E-state index in [1.807, 2.05) is 13.0 Å². The lowest BCUT2D eigenvalue weighted by molar-refractivity contribution is -0.384. The summed E-state index contributed by atoms with van der Waals surface area (Å²) in [7, 11) is 1.67. The van der Waals surface area contributed by atoms with Crippen molar-refractivity contribution in [1.29, 1.82) is 0 Å². The Bertz CT molecular complexity index is 1190. The van der Waals surface area contributed by atoms with Gasteiger partial charge in [-0.05, 0) is 31.0 Å². The second kappa shape index (κ2) is 10.2. The van der Waals surface area contributed by atoms with E-state index >= 15 is 0 Å². The Morgan fingerprint density at radius 3 is 2.59 bits per heavy atom. The van der Waals surface area contributed by atoms with Crippen molar-refractivity contribution in [3.05, 3.63) is 80.4 Å². The van der Waals surface area contributed by atoms with Crippen LogP contribution in [0.25, 0.3) is 10.9 Å². The molecule has 8 heteroatoms. The van der Waals surface area contributed by atoms with Crippen LogP contribution in [0.15, 0.2) is 53.3 Å². The van der Waals surface area contributed by atoms with Gasteiger partial charge in [0, 0.05) is 31.3 Å². The van der Waals surface area contributed by atoms with Gasteiger partial charge in [0.1, 0.15) is 5.82 Å². The van der Waals surface area contributed by atoms with Crippen molar-refractivity contribution in [2.75, 3.05) is 6.54 Å². The highest BCUT2D eigenvalue weighted by Gasteiger charge is 2.29. The average Bonchev–Trinajstić information content (AvgIpc) is 2.81. The Hall–Kier alpha value is -3.55. The first kappa shape index (κ1) is 23.1. The number of aromatic nitrogens is 2. The van der Waals surface area contributed by atoms with E-state index in [0.29, 0.717) is 29.7 Å². The highest BCUT2D eigenvalue weighted by atomic mass is 16.6. The number of benzene rings is 2. The van der Waals surface area contributed by atoms with Crippen LogP contribution in [-0.2, 0) is 7.05 Å². The Kier molecular flexibility index (Phi) is 7.35. The molecule has 1 heterocycles. The molecule has 32 heavy (non-hydrogen) atoms. The number of carbonyl (C=O) groups is 1. The second-order valence-corrected chi connectivity index (χ2v) is 7.79. The lowest BCUT2D eigenvalue weighted by atomic mass is 10.1. The van der Waals surface area contributed by atoms with Crippen molar-refractivity contribution >= 4 is 22.5 Å². The van der Waals surface area contributed by atoms with Gasteiger partial charge in [-0.3, -0.25) is 24.3 Å². The van der Waals surface area contributed by atoms with Crippen LogP contribution >= 0.6 is 0 Å². The van der Waals surface area contributed by atoms with Crippen molar-refractivity contribution < 1.29 is 9.72 Å². The van der Waals surface area contributed by atoms with Crippen LogP contribution in [-0.4, -0.2) is 31.8 Å². The van der Waals surface area contributed by atoms with Crippen molar-refractivity contribution in [2.45, 2.75) is 45.6 Å². The smallest absolute Gasteiger partial charge is 0.270 e. The fraction of sp³-hybridized carbons (Fsp3) is 0.375. The van der Waals surface area contributed by atoms with E-state index in [-0.39, 0.29) is 22.7 Å². The molecule has 168 valence electrons. The lowest BCUT2D eigenvalue weighted by Crippen LogP contribution is -2.39. The van der Waals surface area contributed by atoms with Gasteiger partial charge in [-0.25, -0.2) is 4.98 Å². The Labute approximate surface area is 186 Å². The van der Waals surface area contributed by atoms with Crippen LogP contribution in [0.4, 0.5) is 5.69 Å². The molecule has 0 bridgehead atoms. The Morgan fingerprint density at radius 2 is 1.91 bits per heavy atom. The third-order valence-corrected chi connectivity index (χ3v) is 5.65. The van der Waals surface area contributed by atoms with Gasteiger partial charge in [-0.1, -0.05) is 44.9 Å².